The number of urea groups is 1. The van der Waals surface area contributed by atoms with E-state index in [9.17, 15) is 4.79 Å². The molecule has 19 heavy (non-hydrogen) atoms. The van der Waals surface area contributed by atoms with Gasteiger partial charge < -0.3 is 20.3 Å². The highest BCUT2D eigenvalue weighted by Gasteiger charge is 2.12. The summed E-state index contributed by atoms with van der Waals surface area (Å²) >= 11 is 0. The van der Waals surface area contributed by atoms with Crippen LogP contribution in [0.4, 0.5) is 4.79 Å². The SMILES string of the molecule is COc1c(CNCCNC(=O)N(C)C)c(C)nn1C. The summed E-state index contributed by atoms with van der Waals surface area (Å²) in [4.78, 5) is 12.8. The second kappa shape index (κ2) is 6.98. The van der Waals surface area contributed by atoms with Crippen molar-refractivity contribution >= 4 is 6.03 Å². The first-order valence-corrected chi connectivity index (χ1v) is 6.19. The van der Waals surface area contributed by atoms with E-state index in [0.29, 0.717) is 19.6 Å². The molecule has 0 radical (unpaired) electrons. The Morgan fingerprint density at radius 3 is 2.68 bits per heavy atom. The van der Waals surface area contributed by atoms with Crippen molar-refractivity contribution in [2.24, 2.45) is 7.05 Å². The number of aryl methyl sites for hydroxylation is 2. The van der Waals surface area contributed by atoms with Crippen molar-refractivity contribution in [2.45, 2.75) is 13.5 Å². The topological polar surface area (TPSA) is 71.4 Å². The van der Waals surface area contributed by atoms with Gasteiger partial charge in [-0.05, 0) is 6.92 Å². The first kappa shape index (κ1) is 15.3. The molecule has 1 aromatic heterocycles. The Morgan fingerprint density at radius 1 is 1.42 bits per heavy atom. The van der Waals surface area contributed by atoms with Gasteiger partial charge in [0.05, 0.1) is 18.4 Å². The Hall–Kier alpha value is -1.76. The molecule has 0 saturated carbocycles. The van der Waals surface area contributed by atoms with Crippen LogP contribution >= 0.6 is 0 Å². The third-order valence-corrected chi connectivity index (χ3v) is 2.77. The van der Waals surface area contributed by atoms with Crippen LogP contribution in [0.3, 0.4) is 0 Å². The Bertz CT molecular complexity index is 428. The molecule has 0 aromatic carbocycles. The maximum absolute atomic E-state index is 11.3. The van der Waals surface area contributed by atoms with Crippen LogP contribution in [0.2, 0.25) is 0 Å². The summed E-state index contributed by atoms with van der Waals surface area (Å²) < 4.78 is 7.03. The van der Waals surface area contributed by atoms with Crippen LogP contribution in [-0.4, -0.2) is 55.0 Å². The second-order valence-electron chi connectivity index (χ2n) is 4.50. The van der Waals surface area contributed by atoms with Crippen molar-refractivity contribution < 1.29 is 9.53 Å². The van der Waals surface area contributed by atoms with Crippen molar-refractivity contribution in [1.82, 2.24) is 25.3 Å². The summed E-state index contributed by atoms with van der Waals surface area (Å²) in [7, 11) is 6.92. The molecule has 0 aliphatic heterocycles. The zero-order valence-electron chi connectivity index (χ0n) is 12.3. The first-order valence-electron chi connectivity index (χ1n) is 6.19. The maximum Gasteiger partial charge on any atom is 0.316 e. The van der Waals surface area contributed by atoms with Crippen LogP contribution < -0.4 is 15.4 Å². The number of aromatic nitrogens is 2. The molecule has 1 aromatic rings. The predicted octanol–water partition coefficient (Wildman–Crippen LogP) is 0.0979. The predicted molar refractivity (Wildman–Crippen MR) is 73.3 cm³/mol. The second-order valence-corrected chi connectivity index (χ2v) is 4.50. The van der Waals surface area contributed by atoms with Crippen LogP contribution in [0.25, 0.3) is 0 Å². The minimum atomic E-state index is -0.0862. The van der Waals surface area contributed by atoms with Gasteiger partial charge in [-0.1, -0.05) is 0 Å². The fourth-order valence-corrected chi connectivity index (χ4v) is 1.77. The van der Waals surface area contributed by atoms with Crippen LogP contribution in [0, 0.1) is 6.92 Å². The van der Waals surface area contributed by atoms with E-state index in [4.69, 9.17) is 4.74 Å². The largest absolute Gasteiger partial charge is 0.481 e. The summed E-state index contributed by atoms with van der Waals surface area (Å²) in [6.07, 6.45) is 0. The highest BCUT2D eigenvalue weighted by atomic mass is 16.5. The lowest BCUT2D eigenvalue weighted by Crippen LogP contribution is -2.38. The Kier molecular flexibility index (Phi) is 5.62. The molecule has 0 bridgehead atoms. The van der Waals surface area contributed by atoms with E-state index in [0.717, 1.165) is 17.1 Å². The number of ether oxygens (including phenoxy) is 1. The highest BCUT2D eigenvalue weighted by molar-refractivity contribution is 5.73. The average molecular weight is 269 g/mol. The third-order valence-electron chi connectivity index (χ3n) is 2.77. The summed E-state index contributed by atoms with van der Waals surface area (Å²) in [6, 6.07) is -0.0862. The van der Waals surface area contributed by atoms with Crippen molar-refractivity contribution in [3.8, 4) is 5.88 Å². The van der Waals surface area contributed by atoms with Gasteiger partial charge in [0.15, 0.2) is 0 Å². The number of methoxy groups -OCH3 is 1. The van der Waals surface area contributed by atoms with Crippen LogP contribution in [0.15, 0.2) is 0 Å². The quantitative estimate of drug-likeness (QED) is 0.718. The molecule has 7 nitrogen and oxygen atoms in total. The van der Waals surface area contributed by atoms with E-state index in [-0.39, 0.29) is 6.03 Å². The van der Waals surface area contributed by atoms with E-state index in [1.165, 1.54) is 4.90 Å². The van der Waals surface area contributed by atoms with Crippen LogP contribution in [0.1, 0.15) is 11.3 Å². The van der Waals surface area contributed by atoms with Gasteiger partial charge in [0, 0.05) is 40.8 Å². The fourth-order valence-electron chi connectivity index (χ4n) is 1.77. The lowest BCUT2D eigenvalue weighted by atomic mass is 10.2. The maximum atomic E-state index is 11.3. The Labute approximate surface area is 113 Å². The number of hydrogen-bond donors (Lipinski definition) is 2. The van der Waals surface area contributed by atoms with E-state index in [1.54, 1.807) is 25.9 Å². The van der Waals surface area contributed by atoms with Gasteiger partial charge in [-0.15, -0.1) is 0 Å². The van der Waals surface area contributed by atoms with Crippen molar-refractivity contribution in [2.75, 3.05) is 34.3 Å². The number of carbonyl (C=O) groups is 1. The molecule has 0 unspecified atom stereocenters. The Balaban J connectivity index is 2.36. The van der Waals surface area contributed by atoms with E-state index in [2.05, 4.69) is 15.7 Å². The van der Waals surface area contributed by atoms with Gasteiger partial charge in [0.1, 0.15) is 0 Å². The number of amides is 2. The number of rotatable bonds is 6. The van der Waals surface area contributed by atoms with Gasteiger partial charge in [0.25, 0.3) is 0 Å². The molecule has 0 aliphatic rings. The third kappa shape index (κ3) is 4.13. The standard InChI is InChI=1S/C12H23N5O2/c1-9-10(11(19-5)17(4)15-9)8-13-6-7-14-12(18)16(2)3/h13H,6-8H2,1-5H3,(H,14,18). The molecule has 1 heterocycles. The zero-order valence-corrected chi connectivity index (χ0v) is 12.3. The van der Waals surface area contributed by atoms with Gasteiger partial charge in [0.2, 0.25) is 5.88 Å². The molecule has 1 rings (SSSR count). The molecule has 108 valence electrons. The molecule has 0 saturated heterocycles. The molecule has 0 spiro atoms. The van der Waals surface area contributed by atoms with E-state index in [1.807, 2.05) is 14.0 Å². The lowest BCUT2D eigenvalue weighted by Gasteiger charge is -2.12. The molecule has 7 heteroatoms. The van der Waals surface area contributed by atoms with Crippen molar-refractivity contribution in [3.05, 3.63) is 11.3 Å². The van der Waals surface area contributed by atoms with Gasteiger partial charge >= 0.3 is 6.03 Å². The van der Waals surface area contributed by atoms with E-state index < -0.39 is 0 Å². The summed E-state index contributed by atoms with van der Waals surface area (Å²) in [6.45, 7) is 3.89. The Morgan fingerprint density at radius 2 is 2.11 bits per heavy atom. The van der Waals surface area contributed by atoms with Crippen LogP contribution in [-0.2, 0) is 13.6 Å². The van der Waals surface area contributed by atoms with Crippen molar-refractivity contribution in [3.63, 3.8) is 0 Å². The molecule has 0 fully saturated rings. The molecule has 0 atom stereocenters. The van der Waals surface area contributed by atoms with E-state index >= 15 is 0 Å². The average Bonchev–Trinajstić information content (AvgIpc) is 2.62. The number of nitrogens with one attached hydrogen (secondary N) is 2. The minimum absolute atomic E-state index is 0.0862. The smallest absolute Gasteiger partial charge is 0.316 e. The zero-order chi connectivity index (χ0) is 14.4. The summed E-state index contributed by atoms with van der Waals surface area (Å²) in [5.41, 5.74) is 1.99. The fraction of sp³-hybridized carbons (Fsp3) is 0.667. The highest BCUT2D eigenvalue weighted by Crippen LogP contribution is 2.20. The number of nitrogens with zero attached hydrogens (tertiary/aromatic N) is 3. The molecular weight excluding hydrogens is 246 g/mol. The summed E-state index contributed by atoms with van der Waals surface area (Å²) in [5, 5.41) is 10.4. The normalized spacial score (nSPS) is 10.4. The molecule has 2 N–H and O–H groups in total. The molecule has 0 aliphatic carbocycles. The van der Waals surface area contributed by atoms with Crippen molar-refractivity contribution in [1.29, 1.82) is 0 Å². The van der Waals surface area contributed by atoms with Gasteiger partial charge in [-0.25, -0.2) is 9.48 Å². The molecular formula is C12H23N5O2. The van der Waals surface area contributed by atoms with Gasteiger partial charge in [-0.2, -0.15) is 5.10 Å². The van der Waals surface area contributed by atoms with Gasteiger partial charge in [-0.3, -0.25) is 0 Å². The molecule has 2 amide bonds. The minimum Gasteiger partial charge on any atom is -0.481 e. The monoisotopic (exact) mass is 269 g/mol. The number of carbonyl (C=O) groups excluding carboxylic acids is 1. The van der Waals surface area contributed by atoms with Crippen LogP contribution in [0.5, 0.6) is 5.88 Å². The summed E-state index contributed by atoms with van der Waals surface area (Å²) in [5.74, 6) is 0.766. The lowest BCUT2D eigenvalue weighted by molar-refractivity contribution is 0.217. The first-order chi connectivity index (χ1) is 8.97. The number of hydrogen-bond acceptors (Lipinski definition) is 4.